The lowest BCUT2D eigenvalue weighted by atomic mass is 10.1. The Balaban J connectivity index is 2.18. The molecule has 1 unspecified atom stereocenters. The van der Waals surface area contributed by atoms with E-state index in [0.29, 0.717) is 6.54 Å². The molecular weight excluding hydrogens is 226 g/mol. The van der Waals surface area contributed by atoms with Crippen LogP contribution in [0.15, 0.2) is 12.1 Å². The summed E-state index contributed by atoms with van der Waals surface area (Å²) in [5.41, 5.74) is -0.0471. The van der Waals surface area contributed by atoms with Crippen molar-refractivity contribution in [3.8, 4) is 11.8 Å². The third-order valence-corrected chi connectivity index (χ3v) is 2.66. The van der Waals surface area contributed by atoms with Gasteiger partial charge in [-0.15, -0.1) is 0 Å². The average Bonchev–Trinajstić information content (AvgIpc) is 2.35. The van der Waals surface area contributed by atoms with Gasteiger partial charge in [-0.1, -0.05) is 0 Å². The highest BCUT2D eigenvalue weighted by Gasteiger charge is 2.19. The minimum atomic E-state index is -0.827. The molecule has 1 fully saturated rings. The van der Waals surface area contributed by atoms with E-state index in [1.165, 1.54) is 0 Å². The molecule has 1 saturated heterocycles. The summed E-state index contributed by atoms with van der Waals surface area (Å²) in [5.74, 6) is -2.04. The van der Waals surface area contributed by atoms with Crippen LogP contribution in [0.1, 0.15) is 18.4 Å². The van der Waals surface area contributed by atoms with Crippen LogP contribution in [0.25, 0.3) is 0 Å². The molecule has 0 saturated carbocycles. The predicted octanol–water partition coefficient (Wildman–Crippen LogP) is 1.97. The van der Waals surface area contributed by atoms with Crippen molar-refractivity contribution in [2.45, 2.75) is 18.9 Å². The minimum Gasteiger partial charge on any atom is -0.483 e. The van der Waals surface area contributed by atoms with Crippen molar-refractivity contribution in [2.75, 3.05) is 13.1 Å². The standard InChI is InChI=1S/C12H12F2N2O/c13-10-4-8(6-15)5-11(14)12(10)17-9-2-1-3-16-7-9/h4-5,9,16H,1-3,7H2. The summed E-state index contributed by atoms with van der Waals surface area (Å²) < 4.78 is 32.3. The number of nitriles is 1. The van der Waals surface area contributed by atoms with Gasteiger partial charge in [-0.3, -0.25) is 0 Å². The summed E-state index contributed by atoms with van der Waals surface area (Å²) in [5, 5.41) is 11.7. The van der Waals surface area contributed by atoms with Crippen LogP contribution >= 0.6 is 0 Å². The van der Waals surface area contributed by atoms with E-state index < -0.39 is 17.4 Å². The van der Waals surface area contributed by atoms with E-state index in [9.17, 15) is 8.78 Å². The van der Waals surface area contributed by atoms with Crippen LogP contribution in [0.2, 0.25) is 0 Å². The highest BCUT2D eigenvalue weighted by Crippen LogP contribution is 2.25. The molecule has 3 nitrogen and oxygen atoms in total. The largest absolute Gasteiger partial charge is 0.483 e. The lowest BCUT2D eigenvalue weighted by Crippen LogP contribution is -2.37. The molecule has 0 bridgehead atoms. The van der Waals surface area contributed by atoms with E-state index in [2.05, 4.69) is 5.32 Å². The van der Waals surface area contributed by atoms with Crippen LogP contribution < -0.4 is 10.1 Å². The Morgan fingerprint density at radius 3 is 2.59 bits per heavy atom. The van der Waals surface area contributed by atoms with Gasteiger partial charge in [0.15, 0.2) is 17.4 Å². The highest BCUT2D eigenvalue weighted by molar-refractivity contribution is 5.37. The smallest absolute Gasteiger partial charge is 0.191 e. The molecule has 1 aliphatic rings. The van der Waals surface area contributed by atoms with Crippen LogP contribution in [0.4, 0.5) is 8.78 Å². The number of halogens is 2. The van der Waals surface area contributed by atoms with E-state index in [4.69, 9.17) is 10.00 Å². The zero-order valence-corrected chi connectivity index (χ0v) is 9.17. The predicted molar refractivity (Wildman–Crippen MR) is 57.6 cm³/mol. The summed E-state index contributed by atoms with van der Waals surface area (Å²) in [7, 11) is 0. The maximum atomic E-state index is 13.5. The summed E-state index contributed by atoms with van der Waals surface area (Å²) in [6.45, 7) is 1.48. The van der Waals surface area contributed by atoms with Crippen LogP contribution in [0.5, 0.6) is 5.75 Å². The second kappa shape index (κ2) is 5.11. The molecule has 17 heavy (non-hydrogen) atoms. The van der Waals surface area contributed by atoms with E-state index >= 15 is 0 Å². The molecule has 1 aromatic carbocycles. The molecular formula is C12H12F2N2O. The van der Waals surface area contributed by atoms with Crippen molar-refractivity contribution < 1.29 is 13.5 Å². The Morgan fingerprint density at radius 1 is 1.35 bits per heavy atom. The first-order valence-corrected chi connectivity index (χ1v) is 5.47. The van der Waals surface area contributed by atoms with Gasteiger partial charge in [0, 0.05) is 6.54 Å². The van der Waals surface area contributed by atoms with E-state index in [0.717, 1.165) is 31.5 Å². The lowest BCUT2D eigenvalue weighted by Gasteiger charge is -2.24. The number of benzene rings is 1. The van der Waals surface area contributed by atoms with Gasteiger partial charge in [-0.05, 0) is 31.5 Å². The van der Waals surface area contributed by atoms with Gasteiger partial charge in [0.05, 0.1) is 11.6 Å². The fourth-order valence-corrected chi connectivity index (χ4v) is 1.82. The topological polar surface area (TPSA) is 45.0 Å². The maximum Gasteiger partial charge on any atom is 0.191 e. The Morgan fingerprint density at radius 2 is 2.06 bits per heavy atom. The third-order valence-electron chi connectivity index (χ3n) is 2.66. The summed E-state index contributed by atoms with van der Waals surface area (Å²) >= 11 is 0. The molecule has 1 heterocycles. The first kappa shape index (κ1) is 11.8. The molecule has 0 aromatic heterocycles. The van der Waals surface area contributed by atoms with Crippen molar-refractivity contribution >= 4 is 0 Å². The SMILES string of the molecule is N#Cc1cc(F)c(OC2CCCNC2)c(F)c1. The van der Waals surface area contributed by atoms with E-state index in [-0.39, 0.29) is 11.7 Å². The van der Waals surface area contributed by atoms with Crippen molar-refractivity contribution in [3.05, 3.63) is 29.3 Å². The molecule has 2 rings (SSSR count). The molecule has 90 valence electrons. The molecule has 0 aliphatic carbocycles. The number of hydrogen-bond acceptors (Lipinski definition) is 3. The number of ether oxygens (including phenoxy) is 1. The number of nitrogens with zero attached hydrogens (tertiary/aromatic N) is 1. The Bertz CT molecular complexity index is 427. The molecule has 5 heteroatoms. The Labute approximate surface area is 98.0 Å². The zero-order valence-electron chi connectivity index (χ0n) is 9.17. The van der Waals surface area contributed by atoms with Gasteiger partial charge < -0.3 is 10.1 Å². The number of rotatable bonds is 2. The first-order chi connectivity index (χ1) is 8.20. The second-order valence-electron chi connectivity index (χ2n) is 3.97. The number of hydrogen-bond donors (Lipinski definition) is 1. The molecule has 0 radical (unpaired) electrons. The third kappa shape index (κ3) is 2.71. The summed E-state index contributed by atoms with van der Waals surface area (Å²) in [6.07, 6.45) is 1.47. The molecule has 1 N–H and O–H groups in total. The monoisotopic (exact) mass is 238 g/mol. The fraction of sp³-hybridized carbons (Fsp3) is 0.417. The molecule has 0 spiro atoms. The zero-order chi connectivity index (χ0) is 12.3. The van der Waals surface area contributed by atoms with Gasteiger partial charge in [0.1, 0.15) is 6.10 Å². The quantitative estimate of drug-likeness (QED) is 0.856. The average molecular weight is 238 g/mol. The highest BCUT2D eigenvalue weighted by atomic mass is 19.1. The van der Waals surface area contributed by atoms with Gasteiger partial charge in [0.2, 0.25) is 0 Å². The Hall–Kier alpha value is -1.67. The van der Waals surface area contributed by atoms with Gasteiger partial charge in [0.25, 0.3) is 0 Å². The van der Waals surface area contributed by atoms with Crippen molar-refractivity contribution in [1.29, 1.82) is 5.26 Å². The van der Waals surface area contributed by atoms with E-state index in [1.807, 2.05) is 0 Å². The van der Waals surface area contributed by atoms with Crippen LogP contribution in [0, 0.1) is 23.0 Å². The van der Waals surface area contributed by atoms with Crippen LogP contribution in [-0.4, -0.2) is 19.2 Å². The number of piperidine rings is 1. The number of nitrogens with one attached hydrogen (secondary N) is 1. The first-order valence-electron chi connectivity index (χ1n) is 5.47. The minimum absolute atomic E-state index is 0.0471. The van der Waals surface area contributed by atoms with Crippen LogP contribution in [-0.2, 0) is 0 Å². The molecule has 1 aliphatic heterocycles. The molecule has 1 atom stereocenters. The lowest BCUT2D eigenvalue weighted by molar-refractivity contribution is 0.153. The second-order valence-corrected chi connectivity index (χ2v) is 3.97. The maximum absolute atomic E-state index is 13.5. The molecule has 1 aromatic rings. The van der Waals surface area contributed by atoms with Gasteiger partial charge >= 0.3 is 0 Å². The van der Waals surface area contributed by atoms with Crippen molar-refractivity contribution in [1.82, 2.24) is 5.32 Å². The van der Waals surface area contributed by atoms with Crippen LogP contribution in [0.3, 0.4) is 0 Å². The van der Waals surface area contributed by atoms with Gasteiger partial charge in [-0.2, -0.15) is 5.26 Å². The van der Waals surface area contributed by atoms with Crippen molar-refractivity contribution in [3.63, 3.8) is 0 Å². The summed E-state index contributed by atoms with van der Waals surface area (Å²) in [6, 6.07) is 3.65. The van der Waals surface area contributed by atoms with E-state index in [1.54, 1.807) is 6.07 Å². The van der Waals surface area contributed by atoms with Gasteiger partial charge in [-0.25, -0.2) is 8.78 Å². The van der Waals surface area contributed by atoms with Crippen molar-refractivity contribution in [2.24, 2.45) is 0 Å². The summed E-state index contributed by atoms with van der Waals surface area (Å²) in [4.78, 5) is 0. The Kier molecular flexibility index (Phi) is 3.55. The normalized spacial score (nSPS) is 19.7. The fourth-order valence-electron chi connectivity index (χ4n) is 1.82. The molecule has 0 amide bonds.